The van der Waals surface area contributed by atoms with Crippen LogP contribution in [0.1, 0.15) is 10.4 Å². The smallest absolute Gasteiger partial charge is 0.406 e. The van der Waals surface area contributed by atoms with Crippen LogP contribution in [0, 0.1) is 0 Å². The average molecular weight is 316 g/mol. The Kier molecular flexibility index (Phi) is 5.31. The lowest BCUT2D eigenvalue weighted by Gasteiger charge is -2.23. The predicted octanol–water partition coefficient (Wildman–Crippen LogP) is 3.29. The second-order valence-electron chi connectivity index (χ2n) is 3.69. The molecule has 8 heteroatoms. The van der Waals surface area contributed by atoms with Gasteiger partial charge in [0.2, 0.25) is 0 Å². The Balaban J connectivity index is 2.99. The lowest BCUT2D eigenvalue weighted by atomic mass is 10.1. The summed E-state index contributed by atoms with van der Waals surface area (Å²) in [5.41, 5.74) is -0.251. The molecule has 3 nitrogen and oxygen atoms in total. The lowest BCUT2D eigenvalue weighted by Crippen LogP contribution is -2.40. The highest BCUT2D eigenvalue weighted by Gasteiger charge is 2.33. The number of carbonyl (C=O) groups excluding carboxylic acids is 1. The molecule has 0 aliphatic carbocycles. The van der Waals surface area contributed by atoms with Gasteiger partial charge in [-0.2, -0.15) is 13.2 Å². The van der Waals surface area contributed by atoms with Gasteiger partial charge in [-0.25, -0.2) is 0 Å². The fraction of sp³-hybridized carbons (Fsp3) is 0.364. The van der Waals surface area contributed by atoms with Gasteiger partial charge in [-0.1, -0.05) is 11.6 Å². The van der Waals surface area contributed by atoms with Crippen molar-refractivity contribution in [3.8, 4) is 5.75 Å². The molecule has 1 aromatic carbocycles. The number of phenols is 1. The standard InChI is InChI=1S/C11H10Cl2F3NO2/c12-3-4-17(6-11(14,15)16)10(19)8-2-1-7(13)5-9(8)18/h1-2,5,18H,3-4,6H2. The second kappa shape index (κ2) is 6.34. The Morgan fingerprint density at radius 3 is 2.47 bits per heavy atom. The molecule has 0 fully saturated rings. The summed E-state index contributed by atoms with van der Waals surface area (Å²) in [6.45, 7) is -1.71. The first-order chi connectivity index (χ1) is 8.74. The van der Waals surface area contributed by atoms with E-state index in [0.29, 0.717) is 4.90 Å². The molecule has 0 aromatic heterocycles. The van der Waals surface area contributed by atoms with E-state index < -0.39 is 24.4 Å². The SMILES string of the molecule is O=C(c1ccc(Cl)cc1O)N(CCCl)CC(F)(F)F. The maximum absolute atomic E-state index is 12.3. The number of aromatic hydroxyl groups is 1. The minimum absolute atomic E-state index is 0.143. The lowest BCUT2D eigenvalue weighted by molar-refractivity contribution is -0.140. The van der Waals surface area contributed by atoms with Gasteiger partial charge in [-0.3, -0.25) is 4.79 Å². The predicted molar refractivity (Wildman–Crippen MR) is 65.8 cm³/mol. The molecule has 0 saturated carbocycles. The molecule has 0 atom stereocenters. The zero-order valence-electron chi connectivity index (χ0n) is 9.55. The molecular weight excluding hydrogens is 306 g/mol. The van der Waals surface area contributed by atoms with E-state index in [-0.39, 0.29) is 23.0 Å². The van der Waals surface area contributed by atoms with Gasteiger partial charge >= 0.3 is 6.18 Å². The van der Waals surface area contributed by atoms with Gasteiger partial charge in [0.15, 0.2) is 0 Å². The molecule has 0 spiro atoms. The molecule has 19 heavy (non-hydrogen) atoms. The van der Waals surface area contributed by atoms with Crippen molar-refractivity contribution in [1.29, 1.82) is 0 Å². The van der Waals surface area contributed by atoms with Crippen LogP contribution in [0.4, 0.5) is 13.2 Å². The Bertz CT molecular complexity index is 466. The van der Waals surface area contributed by atoms with Crippen LogP contribution in [0.15, 0.2) is 18.2 Å². The molecule has 106 valence electrons. The molecule has 1 aromatic rings. The number of rotatable bonds is 4. The fourth-order valence-electron chi connectivity index (χ4n) is 1.43. The molecule has 1 rings (SSSR count). The number of hydrogen-bond donors (Lipinski definition) is 1. The summed E-state index contributed by atoms with van der Waals surface area (Å²) in [4.78, 5) is 12.4. The average Bonchev–Trinajstić information content (AvgIpc) is 2.26. The summed E-state index contributed by atoms with van der Waals surface area (Å²) in [5, 5.41) is 9.71. The summed E-state index contributed by atoms with van der Waals surface area (Å²) >= 11 is 11.0. The molecular formula is C11H10Cl2F3NO2. The quantitative estimate of drug-likeness (QED) is 0.866. The van der Waals surface area contributed by atoms with Gasteiger partial charge in [0.05, 0.1) is 5.56 Å². The molecule has 0 heterocycles. The van der Waals surface area contributed by atoms with Crippen molar-refractivity contribution in [2.75, 3.05) is 19.0 Å². The molecule has 0 radical (unpaired) electrons. The molecule has 1 amide bonds. The van der Waals surface area contributed by atoms with Crippen LogP contribution < -0.4 is 0 Å². The number of carbonyl (C=O) groups is 1. The summed E-state index contributed by atoms with van der Waals surface area (Å²) in [7, 11) is 0. The molecule has 0 unspecified atom stereocenters. The van der Waals surface area contributed by atoms with E-state index in [9.17, 15) is 23.1 Å². The fourth-order valence-corrected chi connectivity index (χ4v) is 1.80. The van der Waals surface area contributed by atoms with E-state index in [2.05, 4.69) is 0 Å². The van der Waals surface area contributed by atoms with Crippen LogP contribution in [0.2, 0.25) is 5.02 Å². The van der Waals surface area contributed by atoms with E-state index in [4.69, 9.17) is 23.2 Å². The number of benzene rings is 1. The Morgan fingerprint density at radius 1 is 1.37 bits per heavy atom. The van der Waals surface area contributed by atoms with Gasteiger partial charge in [0.1, 0.15) is 12.3 Å². The van der Waals surface area contributed by atoms with Crippen molar-refractivity contribution in [2.24, 2.45) is 0 Å². The number of halogens is 5. The summed E-state index contributed by atoms with van der Waals surface area (Å²) < 4.78 is 37.0. The maximum Gasteiger partial charge on any atom is 0.406 e. The highest BCUT2D eigenvalue weighted by molar-refractivity contribution is 6.30. The summed E-state index contributed by atoms with van der Waals surface area (Å²) in [5.74, 6) is -1.57. The van der Waals surface area contributed by atoms with E-state index >= 15 is 0 Å². The normalized spacial score (nSPS) is 11.4. The van der Waals surface area contributed by atoms with Gasteiger partial charge in [-0.05, 0) is 18.2 Å². The summed E-state index contributed by atoms with van der Waals surface area (Å²) in [6.07, 6.45) is -4.54. The number of phenolic OH excluding ortho intramolecular Hbond substituents is 1. The largest absolute Gasteiger partial charge is 0.507 e. The molecule has 1 N–H and O–H groups in total. The minimum Gasteiger partial charge on any atom is -0.507 e. The third kappa shape index (κ3) is 4.80. The monoisotopic (exact) mass is 315 g/mol. The first-order valence-electron chi connectivity index (χ1n) is 5.15. The van der Waals surface area contributed by atoms with Crippen molar-refractivity contribution >= 4 is 29.1 Å². The van der Waals surface area contributed by atoms with Crippen molar-refractivity contribution < 1.29 is 23.1 Å². The van der Waals surface area contributed by atoms with Crippen LogP contribution in [0.5, 0.6) is 5.75 Å². The van der Waals surface area contributed by atoms with Crippen LogP contribution in [0.25, 0.3) is 0 Å². The van der Waals surface area contributed by atoms with Crippen molar-refractivity contribution in [3.05, 3.63) is 28.8 Å². The Morgan fingerprint density at radius 2 is 2.00 bits per heavy atom. The number of alkyl halides is 4. The zero-order chi connectivity index (χ0) is 14.6. The van der Waals surface area contributed by atoms with Crippen molar-refractivity contribution in [1.82, 2.24) is 4.90 Å². The third-order valence-electron chi connectivity index (χ3n) is 2.20. The van der Waals surface area contributed by atoms with E-state index in [1.165, 1.54) is 6.07 Å². The number of amides is 1. The van der Waals surface area contributed by atoms with E-state index in [1.54, 1.807) is 0 Å². The van der Waals surface area contributed by atoms with Crippen molar-refractivity contribution in [3.63, 3.8) is 0 Å². The van der Waals surface area contributed by atoms with Crippen LogP contribution in [-0.2, 0) is 0 Å². The van der Waals surface area contributed by atoms with E-state index in [1.807, 2.05) is 0 Å². The van der Waals surface area contributed by atoms with Crippen molar-refractivity contribution in [2.45, 2.75) is 6.18 Å². The molecule has 0 aliphatic rings. The number of nitrogens with zero attached hydrogens (tertiary/aromatic N) is 1. The van der Waals surface area contributed by atoms with Crippen LogP contribution in [-0.4, -0.2) is 41.1 Å². The highest BCUT2D eigenvalue weighted by atomic mass is 35.5. The van der Waals surface area contributed by atoms with Crippen LogP contribution >= 0.6 is 23.2 Å². The van der Waals surface area contributed by atoms with Crippen LogP contribution in [0.3, 0.4) is 0 Å². The molecule has 0 aliphatic heterocycles. The van der Waals surface area contributed by atoms with Gasteiger partial charge in [0.25, 0.3) is 5.91 Å². The Hall–Kier alpha value is -1.14. The maximum atomic E-state index is 12.3. The van der Waals surface area contributed by atoms with Gasteiger partial charge in [0, 0.05) is 17.4 Å². The van der Waals surface area contributed by atoms with Gasteiger partial charge < -0.3 is 10.0 Å². The second-order valence-corrected chi connectivity index (χ2v) is 4.51. The topological polar surface area (TPSA) is 40.5 Å². The zero-order valence-corrected chi connectivity index (χ0v) is 11.1. The Labute approximate surface area is 117 Å². The molecule has 0 bridgehead atoms. The number of hydrogen-bond acceptors (Lipinski definition) is 2. The third-order valence-corrected chi connectivity index (χ3v) is 2.61. The first-order valence-corrected chi connectivity index (χ1v) is 6.06. The highest BCUT2D eigenvalue weighted by Crippen LogP contribution is 2.25. The molecule has 0 saturated heterocycles. The first kappa shape index (κ1) is 15.9. The van der Waals surface area contributed by atoms with E-state index in [0.717, 1.165) is 12.1 Å². The minimum atomic E-state index is -4.54. The summed E-state index contributed by atoms with van der Waals surface area (Å²) in [6, 6.07) is 3.56. The van der Waals surface area contributed by atoms with Gasteiger partial charge in [-0.15, -0.1) is 11.6 Å².